The Balaban J connectivity index is 0.00000456. The van der Waals surface area contributed by atoms with Crippen LogP contribution in [0.5, 0.6) is 0 Å². The fraction of sp³-hybridized carbons (Fsp3) is 0.462. The van der Waals surface area contributed by atoms with Crippen LogP contribution in [0, 0.1) is 0 Å². The van der Waals surface area contributed by atoms with Gasteiger partial charge in [-0.2, -0.15) is 4.31 Å². The van der Waals surface area contributed by atoms with Gasteiger partial charge in [0, 0.05) is 31.7 Å². The van der Waals surface area contributed by atoms with Crippen LogP contribution in [0.15, 0.2) is 47.4 Å². The Morgan fingerprint density at radius 1 is 0.972 bits per heavy atom. The maximum absolute atomic E-state index is 13.6. The van der Waals surface area contributed by atoms with Gasteiger partial charge in [-0.1, -0.05) is 44.6 Å². The van der Waals surface area contributed by atoms with Crippen LogP contribution in [0.4, 0.5) is 5.13 Å². The summed E-state index contributed by atoms with van der Waals surface area (Å²) in [5, 5.41) is 0.647. The monoisotopic (exact) mass is 552 g/mol. The zero-order chi connectivity index (χ0) is 25.6. The number of aromatic nitrogens is 1. The Morgan fingerprint density at radius 2 is 1.67 bits per heavy atom. The number of thiazole rings is 1. The molecule has 3 rings (SSSR count). The number of rotatable bonds is 12. The summed E-state index contributed by atoms with van der Waals surface area (Å²) in [4.78, 5) is 22.2. The summed E-state index contributed by atoms with van der Waals surface area (Å²) in [6.07, 6.45) is 2.68. The van der Waals surface area contributed by atoms with Crippen molar-refractivity contribution in [1.29, 1.82) is 0 Å². The molecule has 198 valence electrons. The normalized spacial score (nSPS) is 11.8. The average molecular weight is 553 g/mol. The molecule has 1 aromatic heterocycles. The minimum absolute atomic E-state index is 0. The molecule has 0 aliphatic rings. The van der Waals surface area contributed by atoms with Gasteiger partial charge in [0.1, 0.15) is 0 Å². The van der Waals surface area contributed by atoms with E-state index in [-0.39, 0.29) is 23.2 Å². The first-order valence-electron chi connectivity index (χ1n) is 12.2. The first-order chi connectivity index (χ1) is 16.7. The van der Waals surface area contributed by atoms with Crippen LogP contribution in [0.1, 0.15) is 49.5 Å². The number of halogens is 1. The number of carbonyl (C=O) groups is 1. The third kappa shape index (κ3) is 7.04. The molecule has 0 saturated carbocycles. The molecule has 0 bridgehead atoms. The van der Waals surface area contributed by atoms with Gasteiger partial charge < -0.3 is 4.90 Å². The van der Waals surface area contributed by atoms with Crippen LogP contribution in [-0.4, -0.2) is 68.8 Å². The van der Waals surface area contributed by atoms with E-state index < -0.39 is 10.0 Å². The van der Waals surface area contributed by atoms with E-state index >= 15 is 0 Å². The molecule has 2 aromatic carbocycles. The van der Waals surface area contributed by atoms with Crippen molar-refractivity contribution in [1.82, 2.24) is 14.2 Å². The van der Waals surface area contributed by atoms with E-state index in [9.17, 15) is 13.2 Å². The molecule has 36 heavy (non-hydrogen) atoms. The summed E-state index contributed by atoms with van der Waals surface area (Å²) in [6, 6.07) is 12.5. The van der Waals surface area contributed by atoms with Crippen LogP contribution in [-0.2, 0) is 16.4 Å². The van der Waals surface area contributed by atoms with Crippen molar-refractivity contribution in [3.05, 3.63) is 53.6 Å². The van der Waals surface area contributed by atoms with Gasteiger partial charge in [-0.05, 0) is 68.9 Å². The number of amides is 1. The Bertz CT molecular complexity index is 1240. The van der Waals surface area contributed by atoms with Crippen LogP contribution in [0.25, 0.3) is 10.2 Å². The Morgan fingerprint density at radius 3 is 2.25 bits per heavy atom. The molecule has 3 aromatic rings. The van der Waals surface area contributed by atoms with Gasteiger partial charge >= 0.3 is 0 Å². The number of nitrogens with zero attached hydrogens (tertiary/aromatic N) is 4. The number of likely N-dealkylation sites (N-methyl/N-ethyl adjacent to an activating group) is 1. The molecule has 10 heteroatoms. The van der Waals surface area contributed by atoms with Crippen molar-refractivity contribution in [2.24, 2.45) is 0 Å². The minimum atomic E-state index is -3.59. The lowest BCUT2D eigenvalue weighted by molar-refractivity contribution is 0.0985. The topological polar surface area (TPSA) is 73.8 Å². The van der Waals surface area contributed by atoms with Gasteiger partial charge in [-0.3, -0.25) is 9.69 Å². The van der Waals surface area contributed by atoms with Gasteiger partial charge in [0.15, 0.2) is 5.13 Å². The number of unbranched alkanes of at least 4 members (excludes halogenated alkanes) is 1. The fourth-order valence-electron chi connectivity index (χ4n) is 3.73. The quantitative estimate of drug-likeness (QED) is 0.305. The summed E-state index contributed by atoms with van der Waals surface area (Å²) in [7, 11) is 0.337. The van der Waals surface area contributed by atoms with Crippen molar-refractivity contribution in [3.63, 3.8) is 0 Å². The van der Waals surface area contributed by atoms with Gasteiger partial charge in [0.05, 0.1) is 15.1 Å². The molecule has 0 atom stereocenters. The number of hydrogen-bond acceptors (Lipinski definition) is 6. The molecule has 0 radical (unpaired) electrons. The molecule has 1 amide bonds. The van der Waals surface area contributed by atoms with Crippen LogP contribution in [0.2, 0.25) is 0 Å². The highest BCUT2D eigenvalue weighted by molar-refractivity contribution is 7.89. The molecular weight excluding hydrogens is 516 g/mol. The highest BCUT2D eigenvalue weighted by Gasteiger charge is 2.25. The van der Waals surface area contributed by atoms with Gasteiger partial charge in [-0.15, -0.1) is 12.4 Å². The number of anilines is 1. The summed E-state index contributed by atoms with van der Waals surface area (Å²) >= 11 is 1.50. The van der Waals surface area contributed by atoms with Crippen molar-refractivity contribution >= 4 is 55.0 Å². The Kier molecular flexibility index (Phi) is 11.3. The van der Waals surface area contributed by atoms with E-state index in [0.29, 0.717) is 36.9 Å². The van der Waals surface area contributed by atoms with E-state index in [4.69, 9.17) is 4.98 Å². The molecule has 7 nitrogen and oxygen atoms in total. The van der Waals surface area contributed by atoms with Gasteiger partial charge in [0.2, 0.25) is 10.0 Å². The lowest BCUT2D eigenvalue weighted by Gasteiger charge is -2.23. The lowest BCUT2D eigenvalue weighted by Crippen LogP contribution is -2.36. The molecule has 0 saturated heterocycles. The second-order valence-corrected chi connectivity index (χ2v) is 11.7. The standard InChI is InChI=1S/C26H36N4O3S2.ClH/c1-6-9-16-29(8-3)35(32,33)22-13-11-21(12-14-22)25(31)30(18-17-28(4)5)26-27-23-15-10-20(7-2)19-24(23)34-26;/h10-15,19H,6-9,16-18H2,1-5H3;1H. The highest BCUT2D eigenvalue weighted by atomic mass is 35.5. The van der Waals surface area contributed by atoms with E-state index in [2.05, 4.69) is 19.1 Å². The SMILES string of the molecule is CCCCN(CC)S(=O)(=O)c1ccc(C(=O)N(CCN(C)C)c2nc3ccc(CC)cc3s2)cc1.Cl. The number of fused-ring (bicyclic) bond motifs is 1. The maximum Gasteiger partial charge on any atom is 0.260 e. The molecular formula is C26H37ClN4O3S2. The molecule has 0 fully saturated rings. The smallest absolute Gasteiger partial charge is 0.260 e. The van der Waals surface area contributed by atoms with Crippen LogP contribution < -0.4 is 4.90 Å². The predicted molar refractivity (Wildman–Crippen MR) is 152 cm³/mol. The number of aryl methyl sites for hydroxylation is 1. The largest absolute Gasteiger partial charge is 0.308 e. The highest BCUT2D eigenvalue weighted by Crippen LogP contribution is 2.31. The molecule has 0 spiro atoms. The van der Waals surface area contributed by atoms with E-state index in [0.717, 1.165) is 29.5 Å². The van der Waals surface area contributed by atoms with E-state index in [1.807, 2.05) is 38.9 Å². The first-order valence-corrected chi connectivity index (χ1v) is 14.4. The predicted octanol–water partition coefficient (Wildman–Crippen LogP) is 5.30. The second kappa shape index (κ2) is 13.5. The van der Waals surface area contributed by atoms with Crippen molar-refractivity contribution in [3.8, 4) is 0 Å². The first kappa shape index (κ1) is 30.2. The van der Waals surface area contributed by atoms with Gasteiger partial charge in [-0.25, -0.2) is 13.4 Å². The summed E-state index contributed by atoms with van der Waals surface area (Å²) in [6.45, 7) is 8.06. The number of carbonyl (C=O) groups excluding carboxylic acids is 1. The zero-order valence-electron chi connectivity index (χ0n) is 21.7. The zero-order valence-corrected chi connectivity index (χ0v) is 24.2. The summed E-state index contributed by atoms with van der Waals surface area (Å²) < 4.78 is 28.6. The second-order valence-electron chi connectivity index (χ2n) is 8.79. The summed E-state index contributed by atoms with van der Waals surface area (Å²) in [5.74, 6) is -0.191. The molecule has 0 aliphatic carbocycles. The average Bonchev–Trinajstić information content (AvgIpc) is 3.27. The fourth-order valence-corrected chi connectivity index (χ4v) is 6.27. The molecule has 0 N–H and O–H groups in total. The summed E-state index contributed by atoms with van der Waals surface area (Å²) in [5.41, 5.74) is 2.54. The van der Waals surface area contributed by atoms with Gasteiger partial charge in [0.25, 0.3) is 5.91 Å². The Labute approximate surface area is 225 Å². The van der Waals surface area contributed by atoms with Crippen molar-refractivity contribution in [2.75, 3.05) is 45.2 Å². The Hall–Kier alpha value is -2.04. The minimum Gasteiger partial charge on any atom is -0.308 e. The third-order valence-corrected chi connectivity index (χ3v) is 8.98. The van der Waals surface area contributed by atoms with Crippen molar-refractivity contribution in [2.45, 2.75) is 44.9 Å². The number of hydrogen-bond donors (Lipinski definition) is 0. The van der Waals surface area contributed by atoms with Crippen molar-refractivity contribution < 1.29 is 13.2 Å². The van der Waals surface area contributed by atoms with E-state index in [1.165, 1.54) is 33.3 Å². The molecule has 1 heterocycles. The molecule has 0 unspecified atom stereocenters. The maximum atomic E-state index is 13.6. The number of benzene rings is 2. The van der Waals surface area contributed by atoms with Crippen LogP contribution in [0.3, 0.4) is 0 Å². The lowest BCUT2D eigenvalue weighted by atomic mass is 10.2. The van der Waals surface area contributed by atoms with E-state index in [1.54, 1.807) is 17.0 Å². The third-order valence-electron chi connectivity index (χ3n) is 5.95. The molecule has 0 aliphatic heterocycles. The number of sulfonamides is 1. The van der Waals surface area contributed by atoms with Crippen LogP contribution >= 0.6 is 23.7 Å².